The topological polar surface area (TPSA) is 87.6 Å². The number of amides is 1. The zero-order valence-corrected chi connectivity index (χ0v) is 14.8. The first-order valence-electron chi connectivity index (χ1n) is 9.12. The smallest absolute Gasteiger partial charge is 0.220 e. The number of nitrogens with zero attached hydrogens (tertiary/aromatic N) is 2. The molecule has 1 aromatic rings. The minimum absolute atomic E-state index is 0.121. The SMILES string of the molecule is CCNC(=NCc1ccnc(OCC2CC2)c1)NC1CCC(=O)NC1. The predicted molar refractivity (Wildman–Crippen MR) is 96.4 cm³/mol. The van der Waals surface area contributed by atoms with Crippen LogP contribution >= 0.6 is 0 Å². The zero-order chi connectivity index (χ0) is 17.5. The van der Waals surface area contributed by atoms with E-state index in [4.69, 9.17) is 4.74 Å². The van der Waals surface area contributed by atoms with Gasteiger partial charge in [-0.3, -0.25) is 4.79 Å². The van der Waals surface area contributed by atoms with Gasteiger partial charge < -0.3 is 20.7 Å². The molecule has 1 saturated heterocycles. The third-order valence-corrected chi connectivity index (χ3v) is 4.33. The van der Waals surface area contributed by atoms with Gasteiger partial charge in [-0.05, 0) is 43.7 Å². The van der Waals surface area contributed by atoms with Gasteiger partial charge in [-0.15, -0.1) is 0 Å². The Morgan fingerprint density at radius 3 is 3.04 bits per heavy atom. The molecule has 1 saturated carbocycles. The van der Waals surface area contributed by atoms with E-state index in [0.29, 0.717) is 31.3 Å². The fourth-order valence-corrected chi connectivity index (χ4v) is 2.66. The van der Waals surface area contributed by atoms with Gasteiger partial charge in [0.1, 0.15) is 0 Å². The zero-order valence-electron chi connectivity index (χ0n) is 14.8. The van der Waals surface area contributed by atoms with Gasteiger partial charge in [0.05, 0.1) is 13.2 Å². The molecule has 136 valence electrons. The molecule has 1 amide bonds. The lowest BCUT2D eigenvalue weighted by Crippen LogP contribution is -2.51. The Morgan fingerprint density at radius 1 is 1.44 bits per heavy atom. The number of hydrogen-bond acceptors (Lipinski definition) is 4. The van der Waals surface area contributed by atoms with Crippen molar-refractivity contribution in [2.45, 2.75) is 45.2 Å². The van der Waals surface area contributed by atoms with Crippen LogP contribution in [0, 0.1) is 5.92 Å². The number of aromatic nitrogens is 1. The first-order chi connectivity index (χ1) is 12.2. The number of nitrogens with one attached hydrogen (secondary N) is 3. The summed E-state index contributed by atoms with van der Waals surface area (Å²) < 4.78 is 5.73. The van der Waals surface area contributed by atoms with Crippen LogP contribution in [-0.4, -0.2) is 42.6 Å². The van der Waals surface area contributed by atoms with Gasteiger partial charge in [0, 0.05) is 37.8 Å². The predicted octanol–water partition coefficient (Wildman–Crippen LogP) is 1.20. The second kappa shape index (κ2) is 8.69. The highest BCUT2D eigenvalue weighted by atomic mass is 16.5. The summed E-state index contributed by atoms with van der Waals surface area (Å²) in [5, 5.41) is 9.52. The van der Waals surface area contributed by atoms with Gasteiger partial charge in [-0.25, -0.2) is 9.98 Å². The Labute approximate surface area is 148 Å². The Hall–Kier alpha value is -2.31. The van der Waals surface area contributed by atoms with Gasteiger partial charge in [0.15, 0.2) is 5.96 Å². The molecule has 1 aromatic heterocycles. The van der Waals surface area contributed by atoms with Crippen LogP contribution in [0.3, 0.4) is 0 Å². The summed E-state index contributed by atoms with van der Waals surface area (Å²) in [4.78, 5) is 20.2. The fourth-order valence-electron chi connectivity index (χ4n) is 2.66. The molecule has 1 atom stereocenters. The van der Waals surface area contributed by atoms with Crippen molar-refractivity contribution in [3.05, 3.63) is 23.9 Å². The van der Waals surface area contributed by atoms with Gasteiger partial charge in [-0.1, -0.05) is 0 Å². The number of hydrogen-bond donors (Lipinski definition) is 3. The van der Waals surface area contributed by atoms with Crippen molar-refractivity contribution >= 4 is 11.9 Å². The quantitative estimate of drug-likeness (QED) is 0.511. The Bertz CT molecular complexity index is 605. The van der Waals surface area contributed by atoms with Crippen LogP contribution in [0.25, 0.3) is 0 Å². The molecule has 1 aliphatic carbocycles. The lowest BCUT2D eigenvalue weighted by Gasteiger charge is -2.25. The molecule has 7 heteroatoms. The molecule has 7 nitrogen and oxygen atoms in total. The number of pyridine rings is 1. The number of guanidine groups is 1. The molecule has 3 N–H and O–H groups in total. The van der Waals surface area contributed by atoms with E-state index in [0.717, 1.165) is 31.1 Å². The Morgan fingerprint density at radius 2 is 2.32 bits per heavy atom. The number of ether oxygens (including phenoxy) is 1. The molecule has 25 heavy (non-hydrogen) atoms. The summed E-state index contributed by atoms with van der Waals surface area (Å²) in [6, 6.07) is 4.12. The maximum atomic E-state index is 11.3. The summed E-state index contributed by atoms with van der Waals surface area (Å²) in [5.41, 5.74) is 1.06. The average molecular weight is 345 g/mol. The van der Waals surface area contributed by atoms with E-state index in [1.54, 1.807) is 6.20 Å². The van der Waals surface area contributed by atoms with Crippen LogP contribution in [0.1, 0.15) is 38.2 Å². The Balaban J connectivity index is 1.54. The first-order valence-corrected chi connectivity index (χ1v) is 9.12. The Kier molecular flexibility index (Phi) is 6.09. The summed E-state index contributed by atoms with van der Waals surface area (Å²) in [5.74, 6) is 2.27. The summed E-state index contributed by atoms with van der Waals surface area (Å²) in [6.07, 6.45) is 5.69. The van der Waals surface area contributed by atoms with Crippen LogP contribution in [0.4, 0.5) is 0 Å². The number of rotatable bonds is 7. The van der Waals surface area contributed by atoms with E-state index in [-0.39, 0.29) is 11.9 Å². The summed E-state index contributed by atoms with van der Waals surface area (Å²) in [6.45, 7) is 4.78. The minimum Gasteiger partial charge on any atom is -0.477 e. The van der Waals surface area contributed by atoms with Crippen molar-refractivity contribution in [1.82, 2.24) is 20.9 Å². The molecule has 0 radical (unpaired) electrons. The highest BCUT2D eigenvalue weighted by molar-refractivity contribution is 5.81. The molecule has 2 heterocycles. The summed E-state index contributed by atoms with van der Waals surface area (Å²) in [7, 11) is 0. The molecule has 0 spiro atoms. The third-order valence-electron chi connectivity index (χ3n) is 4.33. The second-order valence-electron chi connectivity index (χ2n) is 6.64. The number of piperidine rings is 1. The van der Waals surface area contributed by atoms with Gasteiger partial charge >= 0.3 is 0 Å². The van der Waals surface area contributed by atoms with E-state index in [1.165, 1.54) is 12.8 Å². The monoisotopic (exact) mass is 345 g/mol. The number of aliphatic imine (C=N–C) groups is 1. The van der Waals surface area contributed by atoms with Crippen molar-refractivity contribution in [2.24, 2.45) is 10.9 Å². The first kappa shape index (κ1) is 17.5. The van der Waals surface area contributed by atoms with E-state index >= 15 is 0 Å². The van der Waals surface area contributed by atoms with Crippen molar-refractivity contribution in [3.63, 3.8) is 0 Å². The second-order valence-corrected chi connectivity index (χ2v) is 6.64. The van der Waals surface area contributed by atoms with Crippen LogP contribution in [0.15, 0.2) is 23.3 Å². The molecular formula is C18H27N5O2. The van der Waals surface area contributed by atoms with Crippen LogP contribution < -0.4 is 20.7 Å². The largest absolute Gasteiger partial charge is 0.477 e. The maximum absolute atomic E-state index is 11.3. The van der Waals surface area contributed by atoms with Crippen LogP contribution in [0.2, 0.25) is 0 Å². The van der Waals surface area contributed by atoms with Gasteiger partial charge in [-0.2, -0.15) is 0 Å². The fraction of sp³-hybridized carbons (Fsp3) is 0.611. The molecule has 2 fully saturated rings. The highest BCUT2D eigenvalue weighted by Crippen LogP contribution is 2.29. The lowest BCUT2D eigenvalue weighted by molar-refractivity contribution is -0.122. The van der Waals surface area contributed by atoms with Crippen LogP contribution in [-0.2, 0) is 11.3 Å². The van der Waals surface area contributed by atoms with Crippen molar-refractivity contribution in [3.8, 4) is 5.88 Å². The van der Waals surface area contributed by atoms with Crippen molar-refractivity contribution < 1.29 is 9.53 Å². The summed E-state index contributed by atoms with van der Waals surface area (Å²) >= 11 is 0. The van der Waals surface area contributed by atoms with Gasteiger partial charge in [0.25, 0.3) is 0 Å². The molecular weight excluding hydrogens is 318 g/mol. The van der Waals surface area contributed by atoms with E-state index < -0.39 is 0 Å². The minimum atomic E-state index is 0.121. The van der Waals surface area contributed by atoms with Crippen molar-refractivity contribution in [1.29, 1.82) is 0 Å². The van der Waals surface area contributed by atoms with E-state index in [1.807, 2.05) is 19.1 Å². The molecule has 1 unspecified atom stereocenters. The van der Waals surface area contributed by atoms with Crippen molar-refractivity contribution in [2.75, 3.05) is 19.7 Å². The number of carbonyl (C=O) groups is 1. The maximum Gasteiger partial charge on any atom is 0.220 e. The normalized spacial score (nSPS) is 20.8. The van der Waals surface area contributed by atoms with Crippen LogP contribution in [0.5, 0.6) is 5.88 Å². The number of carbonyl (C=O) groups excluding carboxylic acids is 1. The molecule has 2 aliphatic rings. The average Bonchev–Trinajstić information content (AvgIpc) is 3.45. The molecule has 0 bridgehead atoms. The molecule has 0 aromatic carbocycles. The van der Waals surface area contributed by atoms with Gasteiger partial charge in [0.2, 0.25) is 11.8 Å². The third kappa shape index (κ3) is 5.92. The molecule has 3 rings (SSSR count). The lowest BCUT2D eigenvalue weighted by atomic mass is 10.1. The van der Waals surface area contributed by atoms with E-state index in [2.05, 4.69) is 25.9 Å². The standard InChI is InChI=1S/C18H27N5O2/c1-2-19-18(23-15-5-6-16(24)21-11-15)22-10-14-7-8-20-17(9-14)25-12-13-3-4-13/h7-9,13,15H,2-6,10-12H2,1H3,(H,21,24)(H2,19,22,23). The highest BCUT2D eigenvalue weighted by Gasteiger charge is 2.22. The van der Waals surface area contributed by atoms with E-state index in [9.17, 15) is 4.79 Å². The molecule has 1 aliphatic heterocycles.